The summed E-state index contributed by atoms with van der Waals surface area (Å²) >= 11 is 1.61. The van der Waals surface area contributed by atoms with Crippen LogP contribution >= 0.6 is 11.3 Å². The van der Waals surface area contributed by atoms with E-state index in [2.05, 4.69) is 34.3 Å². The first-order chi connectivity index (χ1) is 10.2. The molecule has 0 aliphatic carbocycles. The molecule has 0 radical (unpaired) electrons. The lowest BCUT2D eigenvalue weighted by molar-refractivity contribution is 0.191. The summed E-state index contributed by atoms with van der Waals surface area (Å²) in [5.41, 5.74) is 0. The lowest BCUT2D eigenvalue weighted by Gasteiger charge is -2.11. The largest absolute Gasteiger partial charge is 0.386 e. The minimum Gasteiger partial charge on any atom is -0.386 e. The molecule has 1 heterocycles. The highest BCUT2D eigenvalue weighted by atomic mass is 32.1. The van der Waals surface area contributed by atoms with Crippen molar-refractivity contribution in [3.8, 4) is 0 Å². The number of aliphatic hydroxyl groups excluding tert-OH is 1. The van der Waals surface area contributed by atoms with Gasteiger partial charge in [-0.2, -0.15) is 0 Å². The summed E-state index contributed by atoms with van der Waals surface area (Å²) in [6.45, 7) is 7.43. The molecular weight excluding hydrogens is 282 g/mol. The number of hydrogen-bond acceptors (Lipinski definition) is 3. The van der Waals surface area contributed by atoms with Gasteiger partial charge in [-0.25, -0.2) is 0 Å². The molecule has 1 aromatic carbocycles. The molecule has 0 fully saturated rings. The molecule has 0 spiro atoms. The van der Waals surface area contributed by atoms with Crippen LogP contribution in [0.3, 0.4) is 0 Å². The number of aliphatic imine (C=N–C) groups is 1. The molecule has 2 aromatic rings. The zero-order valence-corrected chi connectivity index (χ0v) is 13.0. The van der Waals surface area contributed by atoms with Crippen LogP contribution in [0.25, 0.3) is 10.1 Å². The second-order valence-corrected chi connectivity index (χ2v) is 5.71. The fraction of sp³-hybridized carbons (Fsp3) is 0.312. The van der Waals surface area contributed by atoms with E-state index in [1.807, 2.05) is 25.1 Å². The molecule has 0 aliphatic rings. The van der Waals surface area contributed by atoms with Crippen LogP contribution < -0.4 is 10.6 Å². The number of benzene rings is 1. The van der Waals surface area contributed by atoms with Crippen LogP contribution in [0.1, 0.15) is 17.9 Å². The van der Waals surface area contributed by atoms with E-state index in [4.69, 9.17) is 0 Å². The zero-order chi connectivity index (χ0) is 15.1. The molecule has 0 bridgehead atoms. The van der Waals surface area contributed by atoms with Crippen molar-refractivity contribution < 1.29 is 5.11 Å². The molecular formula is C16H21N3OS. The molecule has 2 rings (SSSR count). The number of rotatable bonds is 6. The average molecular weight is 303 g/mol. The first-order valence-electron chi connectivity index (χ1n) is 7.04. The van der Waals surface area contributed by atoms with Gasteiger partial charge in [0.25, 0.3) is 0 Å². The summed E-state index contributed by atoms with van der Waals surface area (Å²) in [6.07, 6.45) is 1.19. The van der Waals surface area contributed by atoms with Gasteiger partial charge in [0.05, 0.1) is 6.54 Å². The SMILES string of the molecule is C=CCNC(=NCC(O)c1cc2ccccc2s1)NCC. The van der Waals surface area contributed by atoms with E-state index in [1.54, 1.807) is 17.4 Å². The summed E-state index contributed by atoms with van der Waals surface area (Å²) < 4.78 is 1.19. The van der Waals surface area contributed by atoms with E-state index in [-0.39, 0.29) is 0 Å². The Kier molecular flexibility index (Phi) is 5.78. The Bertz CT molecular complexity index is 588. The van der Waals surface area contributed by atoms with Gasteiger partial charge in [-0.15, -0.1) is 17.9 Å². The normalized spacial score (nSPS) is 13.1. The van der Waals surface area contributed by atoms with Crippen LogP contribution in [0.4, 0.5) is 0 Å². The van der Waals surface area contributed by atoms with E-state index >= 15 is 0 Å². The smallest absolute Gasteiger partial charge is 0.191 e. The van der Waals surface area contributed by atoms with Crippen molar-refractivity contribution in [1.82, 2.24) is 10.6 Å². The number of nitrogens with one attached hydrogen (secondary N) is 2. The number of fused-ring (bicyclic) bond motifs is 1. The van der Waals surface area contributed by atoms with Crippen LogP contribution in [0.2, 0.25) is 0 Å². The number of aliphatic hydroxyl groups is 1. The zero-order valence-electron chi connectivity index (χ0n) is 12.2. The van der Waals surface area contributed by atoms with Crippen LogP contribution in [0.15, 0.2) is 48.0 Å². The Morgan fingerprint density at radius 1 is 1.43 bits per heavy atom. The highest BCUT2D eigenvalue weighted by molar-refractivity contribution is 7.19. The fourth-order valence-electron chi connectivity index (χ4n) is 1.94. The van der Waals surface area contributed by atoms with E-state index in [1.165, 1.54) is 4.70 Å². The van der Waals surface area contributed by atoms with E-state index in [0.29, 0.717) is 19.0 Å². The summed E-state index contributed by atoms with van der Waals surface area (Å²) in [6, 6.07) is 10.2. The van der Waals surface area contributed by atoms with Gasteiger partial charge in [0.15, 0.2) is 5.96 Å². The monoisotopic (exact) mass is 303 g/mol. The third-order valence-corrected chi connectivity index (χ3v) is 4.17. The predicted molar refractivity (Wildman–Crippen MR) is 91.0 cm³/mol. The van der Waals surface area contributed by atoms with Crippen molar-refractivity contribution in [3.63, 3.8) is 0 Å². The molecule has 0 aliphatic heterocycles. The number of thiophene rings is 1. The van der Waals surface area contributed by atoms with Gasteiger partial charge in [0.2, 0.25) is 0 Å². The van der Waals surface area contributed by atoms with Crippen molar-refractivity contribution >= 4 is 27.4 Å². The molecule has 5 heteroatoms. The Balaban J connectivity index is 2.04. The summed E-state index contributed by atoms with van der Waals surface area (Å²) in [5.74, 6) is 0.692. The first kappa shape index (κ1) is 15.5. The van der Waals surface area contributed by atoms with Gasteiger partial charge in [0, 0.05) is 22.7 Å². The molecule has 0 saturated carbocycles. The second-order valence-electron chi connectivity index (χ2n) is 4.59. The number of guanidine groups is 1. The Morgan fingerprint density at radius 3 is 2.95 bits per heavy atom. The number of nitrogens with zero attached hydrogens (tertiary/aromatic N) is 1. The van der Waals surface area contributed by atoms with E-state index in [9.17, 15) is 5.11 Å². The molecule has 0 saturated heterocycles. The van der Waals surface area contributed by atoms with Crippen molar-refractivity contribution in [2.24, 2.45) is 4.99 Å². The molecule has 112 valence electrons. The van der Waals surface area contributed by atoms with E-state index in [0.717, 1.165) is 16.8 Å². The van der Waals surface area contributed by atoms with Crippen LogP contribution in [-0.4, -0.2) is 30.7 Å². The third kappa shape index (κ3) is 4.31. The molecule has 0 amide bonds. The van der Waals surface area contributed by atoms with Gasteiger partial charge in [-0.05, 0) is 24.4 Å². The van der Waals surface area contributed by atoms with Crippen LogP contribution in [0, 0.1) is 0 Å². The highest BCUT2D eigenvalue weighted by Gasteiger charge is 2.11. The molecule has 3 N–H and O–H groups in total. The predicted octanol–water partition coefficient (Wildman–Crippen LogP) is 2.68. The van der Waals surface area contributed by atoms with Crippen LogP contribution in [-0.2, 0) is 0 Å². The van der Waals surface area contributed by atoms with Gasteiger partial charge in [-0.1, -0.05) is 24.3 Å². The lowest BCUT2D eigenvalue weighted by atomic mass is 10.2. The van der Waals surface area contributed by atoms with Crippen molar-refractivity contribution in [3.05, 3.63) is 47.9 Å². The van der Waals surface area contributed by atoms with Gasteiger partial charge in [-0.3, -0.25) is 4.99 Å². The Morgan fingerprint density at radius 2 is 2.24 bits per heavy atom. The van der Waals surface area contributed by atoms with Crippen molar-refractivity contribution in [2.45, 2.75) is 13.0 Å². The minimum atomic E-state index is -0.582. The summed E-state index contributed by atoms with van der Waals surface area (Å²) in [4.78, 5) is 5.34. The van der Waals surface area contributed by atoms with Crippen molar-refractivity contribution in [2.75, 3.05) is 19.6 Å². The highest BCUT2D eigenvalue weighted by Crippen LogP contribution is 2.29. The molecule has 21 heavy (non-hydrogen) atoms. The first-order valence-corrected chi connectivity index (χ1v) is 7.86. The maximum absolute atomic E-state index is 10.3. The summed E-state index contributed by atoms with van der Waals surface area (Å²) in [7, 11) is 0. The third-order valence-electron chi connectivity index (χ3n) is 2.95. The topological polar surface area (TPSA) is 56.7 Å². The maximum Gasteiger partial charge on any atom is 0.191 e. The van der Waals surface area contributed by atoms with E-state index < -0.39 is 6.10 Å². The second kappa shape index (κ2) is 7.81. The Hall–Kier alpha value is -1.85. The van der Waals surface area contributed by atoms with Gasteiger partial charge >= 0.3 is 0 Å². The lowest BCUT2D eigenvalue weighted by Crippen LogP contribution is -2.37. The maximum atomic E-state index is 10.3. The quantitative estimate of drug-likeness (QED) is 0.437. The van der Waals surface area contributed by atoms with Gasteiger partial charge < -0.3 is 15.7 Å². The number of hydrogen-bond donors (Lipinski definition) is 3. The van der Waals surface area contributed by atoms with Crippen LogP contribution in [0.5, 0.6) is 0 Å². The minimum absolute atomic E-state index is 0.333. The molecule has 4 nitrogen and oxygen atoms in total. The standard InChI is InChI=1S/C16H21N3OS/c1-3-9-18-16(17-4-2)19-11-13(20)15-10-12-7-5-6-8-14(12)21-15/h3,5-8,10,13,20H,1,4,9,11H2,2H3,(H2,17,18,19). The Labute approximate surface area is 129 Å². The summed E-state index contributed by atoms with van der Waals surface area (Å²) in [5, 5.41) is 17.7. The average Bonchev–Trinajstić information content (AvgIpc) is 2.93. The van der Waals surface area contributed by atoms with Crippen molar-refractivity contribution in [1.29, 1.82) is 0 Å². The van der Waals surface area contributed by atoms with Gasteiger partial charge in [0.1, 0.15) is 6.10 Å². The molecule has 1 aromatic heterocycles. The molecule has 1 atom stereocenters. The fourth-order valence-corrected chi connectivity index (χ4v) is 2.99. The molecule has 1 unspecified atom stereocenters.